The molecule has 0 saturated carbocycles. The van der Waals surface area contributed by atoms with E-state index in [1.807, 2.05) is 0 Å². The van der Waals surface area contributed by atoms with Gasteiger partial charge in [0.25, 0.3) is 0 Å². The minimum Gasteiger partial charge on any atom is -0.450 e. The monoisotopic (exact) mass is 356 g/mol. The van der Waals surface area contributed by atoms with Crippen LogP contribution in [0.2, 0.25) is 0 Å². The molecule has 2 amide bonds. The quantitative estimate of drug-likeness (QED) is 0.392. The highest BCUT2D eigenvalue weighted by Crippen LogP contribution is 1.98. The van der Waals surface area contributed by atoms with Gasteiger partial charge in [-0.1, -0.05) is 12.8 Å². The molecule has 0 aliphatic carbocycles. The Morgan fingerprint density at radius 1 is 0.682 bits per heavy atom. The summed E-state index contributed by atoms with van der Waals surface area (Å²) < 4.78 is 9.78. The van der Waals surface area contributed by atoms with E-state index in [-0.39, 0.29) is 0 Å². The van der Waals surface area contributed by atoms with E-state index >= 15 is 0 Å². The Morgan fingerprint density at radius 2 is 1.09 bits per heavy atom. The zero-order chi connectivity index (χ0) is 16.5. The molecule has 0 heterocycles. The van der Waals surface area contributed by atoms with Crippen LogP contribution in [-0.4, -0.2) is 50.2 Å². The van der Waals surface area contributed by atoms with E-state index in [9.17, 15) is 9.59 Å². The summed E-state index contributed by atoms with van der Waals surface area (Å²) in [4.78, 5) is 22.4. The van der Waals surface area contributed by atoms with Crippen LogP contribution in [-0.2, 0) is 9.47 Å². The lowest BCUT2D eigenvalue weighted by molar-refractivity contribution is 0.145. The average Bonchev–Trinajstić information content (AvgIpc) is 2.50. The third-order valence-electron chi connectivity index (χ3n) is 2.66. The maximum absolute atomic E-state index is 11.2. The number of unbranched alkanes of at least 4 members (excludes halogenated alkanes) is 3. The van der Waals surface area contributed by atoms with Crippen LogP contribution in [0.4, 0.5) is 9.59 Å². The molecule has 0 aromatic carbocycles. The van der Waals surface area contributed by atoms with Gasteiger partial charge in [-0.2, -0.15) is 0 Å². The predicted octanol–water partition coefficient (Wildman–Crippen LogP) is 3.26. The highest BCUT2D eigenvalue weighted by Gasteiger charge is 2.01. The van der Waals surface area contributed by atoms with Crippen LogP contribution in [0.5, 0.6) is 0 Å². The van der Waals surface area contributed by atoms with Gasteiger partial charge in [-0.3, -0.25) is 0 Å². The summed E-state index contributed by atoms with van der Waals surface area (Å²) >= 11 is 10.9. The maximum Gasteiger partial charge on any atom is 0.407 e. The molecule has 6 nitrogen and oxygen atoms in total. The first-order valence-electron chi connectivity index (χ1n) is 7.64. The van der Waals surface area contributed by atoms with Gasteiger partial charge >= 0.3 is 12.2 Å². The van der Waals surface area contributed by atoms with E-state index in [4.69, 9.17) is 32.7 Å². The lowest BCUT2D eigenvalue weighted by atomic mass is 10.2. The Hall–Kier alpha value is -0.880. The molecular weight excluding hydrogens is 331 g/mol. The van der Waals surface area contributed by atoms with Crippen molar-refractivity contribution in [2.45, 2.75) is 38.5 Å². The molecule has 130 valence electrons. The fraction of sp³-hybridized carbons (Fsp3) is 0.857. The molecule has 8 heteroatoms. The van der Waals surface area contributed by atoms with Gasteiger partial charge in [0.1, 0.15) is 0 Å². The second-order valence-corrected chi connectivity index (χ2v) is 5.38. The van der Waals surface area contributed by atoms with E-state index in [0.29, 0.717) is 50.9 Å². The van der Waals surface area contributed by atoms with Crippen LogP contribution in [0.15, 0.2) is 0 Å². The van der Waals surface area contributed by atoms with Gasteiger partial charge in [0, 0.05) is 24.8 Å². The smallest absolute Gasteiger partial charge is 0.407 e. The van der Waals surface area contributed by atoms with Gasteiger partial charge in [0.05, 0.1) is 13.2 Å². The minimum atomic E-state index is -0.397. The summed E-state index contributed by atoms with van der Waals surface area (Å²) in [5, 5.41) is 5.35. The van der Waals surface area contributed by atoms with Crippen molar-refractivity contribution >= 4 is 35.4 Å². The molecule has 0 aliphatic heterocycles. The second-order valence-electron chi connectivity index (χ2n) is 4.62. The van der Waals surface area contributed by atoms with Crippen LogP contribution in [0.1, 0.15) is 38.5 Å². The summed E-state index contributed by atoms with van der Waals surface area (Å²) in [6.07, 6.45) is 4.25. The molecule has 0 rings (SSSR count). The van der Waals surface area contributed by atoms with Crippen LogP contribution >= 0.6 is 23.2 Å². The number of ether oxygens (including phenoxy) is 2. The topological polar surface area (TPSA) is 76.7 Å². The van der Waals surface area contributed by atoms with Gasteiger partial charge in [0.15, 0.2) is 0 Å². The van der Waals surface area contributed by atoms with E-state index in [0.717, 1.165) is 25.7 Å². The normalized spacial score (nSPS) is 10.1. The van der Waals surface area contributed by atoms with Crippen molar-refractivity contribution in [3.63, 3.8) is 0 Å². The lowest BCUT2D eigenvalue weighted by Gasteiger charge is -2.07. The molecule has 0 fully saturated rings. The third-order valence-corrected chi connectivity index (χ3v) is 3.20. The van der Waals surface area contributed by atoms with E-state index in [1.165, 1.54) is 0 Å². The Labute approximate surface area is 142 Å². The number of alkyl carbamates (subject to hydrolysis) is 2. The number of carbonyl (C=O) groups is 2. The third kappa shape index (κ3) is 15.5. The Morgan fingerprint density at radius 3 is 1.45 bits per heavy atom. The molecule has 0 aromatic heterocycles. The van der Waals surface area contributed by atoms with Crippen molar-refractivity contribution in [1.29, 1.82) is 0 Å². The highest BCUT2D eigenvalue weighted by atomic mass is 35.5. The number of nitrogens with one attached hydrogen (secondary N) is 2. The molecule has 0 unspecified atom stereocenters. The fourth-order valence-corrected chi connectivity index (χ4v) is 1.74. The zero-order valence-corrected chi connectivity index (χ0v) is 14.4. The number of amides is 2. The van der Waals surface area contributed by atoms with E-state index in [2.05, 4.69) is 10.6 Å². The van der Waals surface area contributed by atoms with Crippen LogP contribution in [0.3, 0.4) is 0 Å². The summed E-state index contributed by atoms with van der Waals surface area (Å²) in [5.41, 5.74) is 0. The zero-order valence-electron chi connectivity index (χ0n) is 12.9. The van der Waals surface area contributed by atoms with Crippen molar-refractivity contribution in [3.05, 3.63) is 0 Å². The summed E-state index contributed by atoms with van der Waals surface area (Å²) in [7, 11) is 0. The first-order chi connectivity index (χ1) is 10.7. The molecule has 0 saturated heterocycles. The number of carbonyl (C=O) groups excluding carboxylic acids is 2. The summed E-state index contributed by atoms with van der Waals surface area (Å²) in [5.74, 6) is 0.975. The molecular formula is C14H26Cl2N2O4. The number of alkyl halides is 2. The average molecular weight is 357 g/mol. The van der Waals surface area contributed by atoms with Crippen LogP contribution in [0.25, 0.3) is 0 Å². The Bertz CT molecular complexity index is 266. The molecule has 0 atom stereocenters. The lowest BCUT2D eigenvalue weighted by Crippen LogP contribution is -2.26. The van der Waals surface area contributed by atoms with Crippen LogP contribution in [0, 0.1) is 0 Å². The maximum atomic E-state index is 11.2. The van der Waals surface area contributed by atoms with Gasteiger partial charge < -0.3 is 20.1 Å². The van der Waals surface area contributed by atoms with Crippen molar-refractivity contribution in [1.82, 2.24) is 10.6 Å². The largest absolute Gasteiger partial charge is 0.450 e. The summed E-state index contributed by atoms with van der Waals surface area (Å²) in [6.45, 7) is 1.88. The molecule has 0 radical (unpaired) electrons. The number of hydrogen-bond acceptors (Lipinski definition) is 4. The molecule has 0 aliphatic rings. The van der Waals surface area contributed by atoms with Gasteiger partial charge in [-0.15, -0.1) is 23.2 Å². The van der Waals surface area contributed by atoms with Crippen molar-refractivity contribution in [2.75, 3.05) is 38.1 Å². The van der Waals surface area contributed by atoms with E-state index in [1.54, 1.807) is 0 Å². The van der Waals surface area contributed by atoms with Crippen LogP contribution < -0.4 is 10.6 Å². The fourth-order valence-electron chi connectivity index (χ4n) is 1.53. The Kier molecular flexibility index (Phi) is 15.8. The second kappa shape index (κ2) is 16.5. The minimum absolute atomic E-state index is 0.349. The molecule has 22 heavy (non-hydrogen) atoms. The highest BCUT2D eigenvalue weighted by molar-refractivity contribution is 6.18. The van der Waals surface area contributed by atoms with Gasteiger partial charge in [0.2, 0.25) is 0 Å². The molecule has 0 spiro atoms. The molecule has 2 N–H and O–H groups in total. The van der Waals surface area contributed by atoms with Crippen molar-refractivity contribution in [3.8, 4) is 0 Å². The van der Waals surface area contributed by atoms with Crippen molar-refractivity contribution in [2.24, 2.45) is 0 Å². The standard InChI is InChI=1S/C14H26Cl2N2O4/c15-7-5-11-21-13(19)17-9-3-1-2-4-10-18-14(20)22-12-6-8-16/h1-12H2,(H,17,19)(H,18,20). The number of halogens is 2. The molecule has 0 bridgehead atoms. The predicted molar refractivity (Wildman–Crippen MR) is 87.8 cm³/mol. The Balaban J connectivity index is 3.23. The molecule has 0 aromatic rings. The van der Waals surface area contributed by atoms with E-state index < -0.39 is 12.2 Å². The first kappa shape index (κ1) is 21.1. The number of rotatable bonds is 13. The van der Waals surface area contributed by atoms with Gasteiger partial charge in [-0.05, 0) is 25.7 Å². The van der Waals surface area contributed by atoms with Gasteiger partial charge in [-0.25, -0.2) is 9.59 Å². The SMILES string of the molecule is O=C(NCCCCCCNC(=O)OCCCCl)OCCCCl. The number of hydrogen-bond donors (Lipinski definition) is 2. The van der Waals surface area contributed by atoms with Crippen molar-refractivity contribution < 1.29 is 19.1 Å². The summed E-state index contributed by atoms with van der Waals surface area (Å²) in [6, 6.07) is 0. The first-order valence-corrected chi connectivity index (χ1v) is 8.70.